The average molecular weight is 353 g/mol. The molecule has 7 heteroatoms. The molecular weight excluding hydrogens is 333 g/mol. The summed E-state index contributed by atoms with van der Waals surface area (Å²) in [6, 6.07) is 10.4. The average Bonchev–Trinajstić information content (AvgIpc) is 3.08. The lowest BCUT2D eigenvalue weighted by atomic mass is 10.0. The number of para-hydroxylation sites is 1. The van der Waals surface area contributed by atoms with E-state index < -0.39 is 5.82 Å². The lowest BCUT2D eigenvalue weighted by Gasteiger charge is -2.32. The number of aromatic nitrogens is 3. The Bertz CT molecular complexity index is 917. The molecule has 0 radical (unpaired) electrons. The number of rotatable bonds is 4. The normalized spacial score (nSPS) is 16.0. The van der Waals surface area contributed by atoms with Crippen molar-refractivity contribution in [3.05, 3.63) is 54.7 Å². The summed E-state index contributed by atoms with van der Waals surface area (Å²) in [6.45, 7) is 1.88. The van der Waals surface area contributed by atoms with Crippen LogP contribution in [0.4, 0.5) is 10.1 Å². The maximum absolute atomic E-state index is 13.6. The Morgan fingerprint density at radius 2 is 1.96 bits per heavy atom. The van der Waals surface area contributed by atoms with Crippen LogP contribution in [-0.4, -0.2) is 45.0 Å². The number of likely N-dealkylation sites (tertiary alicyclic amines) is 1. The molecule has 6 nitrogen and oxygen atoms in total. The monoisotopic (exact) mass is 353 g/mol. The lowest BCUT2D eigenvalue weighted by molar-refractivity contribution is -0.117. The van der Waals surface area contributed by atoms with Crippen molar-refractivity contribution in [2.24, 2.45) is 0 Å². The van der Waals surface area contributed by atoms with Gasteiger partial charge in [-0.3, -0.25) is 9.69 Å². The Labute approximate surface area is 150 Å². The Hall–Kier alpha value is -2.80. The molecule has 134 valence electrons. The van der Waals surface area contributed by atoms with Gasteiger partial charge in [0.1, 0.15) is 11.3 Å². The summed E-state index contributed by atoms with van der Waals surface area (Å²) >= 11 is 0. The molecule has 0 saturated carbocycles. The number of anilines is 1. The van der Waals surface area contributed by atoms with Crippen LogP contribution in [0.2, 0.25) is 0 Å². The van der Waals surface area contributed by atoms with Crippen molar-refractivity contribution in [2.75, 3.05) is 25.0 Å². The van der Waals surface area contributed by atoms with Gasteiger partial charge >= 0.3 is 0 Å². The second-order valence-corrected chi connectivity index (χ2v) is 6.53. The number of pyridine rings is 1. The number of amides is 1. The minimum absolute atomic E-state index is 0.191. The van der Waals surface area contributed by atoms with Crippen LogP contribution in [0.3, 0.4) is 0 Å². The van der Waals surface area contributed by atoms with E-state index in [0.29, 0.717) is 6.04 Å². The van der Waals surface area contributed by atoms with E-state index >= 15 is 0 Å². The molecule has 0 unspecified atom stereocenters. The number of halogens is 1. The third-order valence-electron chi connectivity index (χ3n) is 4.80. The molecule has 1 aliphatic rings. The highest BCUT2D eigenvalue weighted by atomic mass is 19.1. The number of piperidine rings is 1. The zero-order chi connectivity index (χ0) is 17.9. The van der Waals surface area contributed by atoms with Gasteiger partial charge in [0.05, 0.1) is 18.6 Å². The van der Waals surface area contributed by atoms with E-state index in [0.717, 1.165) is 37.1 Å². The molecule has 2 aromatic heterocycles. The topological polar surface area (TPSA) is 63.1 Å². The molecule has 3 heterocycles. The van der Waals surface area contributed by atoms with E-state index in [4.69, 9.17) is 0 Å². The van der Waals surface area contributed by atoms with Gasteiger partial charge in [0, 0.05) is 25.3 Å². The van der Waals surface area contributed by atoms with Gasteiger partial charge in [0.25, 0.3) is 0 Å². The van der Waals surface area contributed by atoms with Gasteiger partial charge in [-0.2, -0.15) is 0 Å². The fourth-order valence-electron chi connectivity index (χ4n) is 3.45. The summed E-state index contributed by atoms with van der Waals surface area (Å²) in [7, 11) is 0. The lowest BCUT2D eigenvalue weighted by Crippen LogP contribution is -2.39. The van der Waals surface area contributed by atoms with Crippen LogP contribution in [0.1, 0.15) is 18.9 Å². The predicted octanol–water partition coefficient (Wildman–Crippen LogP) is 2.85. The van der Waals surface area contributed by atoms with Crippen LogP contribution in [0.25, 0.3) is 11.2 Å². The van der Waals surface area contributed by atoms with Crippen molar-refractivity contribution in [3.63, 3.8) is 0 Å². The molecule has 1 fully saturated rings. The fourth-order valence-corrected chi connectivity index (χ4v) is 3.45. The molecule has 1 N–H and O–H groups in total. The number of nitrogens with one attached hydrogen (secondary N) is 1. The summed E-state index contributed by atoms with van der Waals surface area (Å²) in [5.74, 6) is -0.609. The third-order valence-corrected chi connectivity index (χ3v) is 4.80. The maximum atomic E-state index is 13.6. The zero-order valence-electron chi connectivity index (χ0n) is 14.3. The van der Waals surface area contributed by atoms with Gasteiger partial charge in [-0.1, -0.05) is 12.1 Å². The molecule has 0 atom stereocenters. The smallest absolute Gasteiger partial charge is 0.238 e. The SMILES string of the molecule is O=C(CN1CCC(n2cnc3cccnc32)CC1)Nc1ccccc1F. The molecule has 1 aliphatic heterocycles. The van der Waals surface area contributed by atoms with Crippen LogP contribution in [0.15, 0.2) is 48.9 Å². The molecule has 1 amide bonds. The van der Waals surface area contributed by atoms with Crippen molar-refractivity contribution in [3.8, 4) is 0 Å². The molecule has 0 bridgehead atoms. The Morgan fingerprint density at radius 3 is 2.77 bits per heavy atom. The summed E-state index contributed by atoms with van der Waals surface area (Å²) in [6.07, 6.45) is 5.48. The van der Waals surface area contributed by atoms with Gasteiger partial charge in [-0.15, -0.1) is 0 Å². The second kappa shape index (κ2) is 7.21. The zero-order valence-corrected chi connectivity index (χ0v) is 14.3. The molecule has 4 rings (SSSR count). The molecular formula is C19H20FN5O. The van der Waals surface area contributed by atoms with Crippen molar-refractivity contribution >= 4 is 22.8 Å². The van der Waals surface area contributed by atoms with Gasteiger partial charge in [0.15, 0.2) is 5.65 Å². The van der Waals surface area contributed by atoms with Crippen molar-refractivity contribution in [1.82, 2.24) is 19.4 Å². The number of hydrogen-bond donors (Lipinski definition) is 1. The van der Waals surface area contributed by atoms with E-state index in [1.165, 1.54) is 6.07 Å². The number of nitrogens with zero attached hydrogens (tertiary/aromatic N) is 4. The first kappa shape index (κ1) is 16.7. The van der Waals surface area contributed by atoms with Crippen LogP contribution >= 0.6 is 0 Å². The van der Waals surface area contributed by atoms with E-state index in [2.05, 4.69) is 24.8 Å². The van der Waals surface area contributed by atoms with Gasteiger partial charge in [-0.05, 0) is 37.1 Å². The van der Waals surface area contributed by atoms with Crippen LogP contribution in [0.5, 0.6) is 0 Å². The fraction of sp³-hybridized carbons (Fsp3) is 0.316. The van der Waals surface area contributed by atoms with E-state index in [1.807, 2.05) is 18.5 Å². The largest absolute Gasteiger partial charge is 0.322 e. The number of hydrogen-bond acceptors (Lipinski definition) is 4. The first-order chi connectivity index (χ1) is 12.7. The summed E-state index contributed by atoms with van der Waals surface area (Å²) in [5, 5.41) is 2.64. The number of fused-ring (bicyclic) bond motifs is 1. The van der Waals surface area contributed by atoms with Crippen LogP contribution in [0, 0.1) is 5.82 Å². The quantitative estimate of drug-likeness (QED) is 0.783. The first-order valence-corrected chi connectivity index (χ1v) is 8.75. The summed E-state index contributed by atoms with van der Waals surface area (Å²) < 4.78 is 15.8. The number of imidazole rings is 1. The van der Waals surface area contributed by atoms with E-state index in [1.54, 1.807) is 24.4 Å². The highest BCUT2D eigenvalue weighted by Crippen LogP contribution is 2.25. The number of carbonyl (C=O) groups excluding carboxylic acids is 1. The van der Waals surface area contributed by atoms with Gasteiger partial charge < -0.3 is 9.88 Å². The Balaban J connectivity index is 1.34. The number of carbonyl (C=O) groups is 1. The van der Waals surface area contributed by atoms with Crippen LogP contribution in [-0.2, 0) is 4.79 Å². The van der Waals surface area contributed by atoms with E-state index in [9.17, 15) is 9.18 Å². The van der Waals surface area contributed by atoms with Crippen molar-refractivity contribution < 1.29 is 9.18 Å². The van der Waals surface area contributed by atoms with Crippen molar-refractivity contribution in [1.29, 1.82) is 0 Å². The Morgan fingerprint density at radius 1 is 1.15 bits per heavy atom. The predicted molar refractivity (Wildman–Crippen MR) is 97.3 cm³/mol. The molecule has 3 aromatic rings. The second-order valence-electron chi connectivity index (χ2n) is 6.53. The number of benzene rings is 1. The van der Waals surface area contributed by atoms with Gasteiger partial charge in [-0.25, -0.2) is 14.4 Å². The third kappa shape index (κ3) is 3.43. The molecule has 1 aromatic carbocycles. The van der Waals surface area contributed by atoms with E-state index in [-0.39, 0.29) is 18.1 Å². The minimum Gasteiger partial charge on any atom is -0.322 e. The van der Waals surface area contributed by atoms with Crippen LogP contribution < -0.4 is 5.32 Å². The van der Waals surface area contributed by atoms with Crippen molar-refractivity contribution in [2.45, 2.75) is 18.9 Å². The maximum Gasteiger partial charge on any atom is 0.238 e. The highest BCUT2D eigenvalue weighted by molar-refractivity contribution is 5.92. The first-order valence-electron chi connectivity index (χ1n) is 8.75. The Kier molecular flexibility index (Phi) is 4.62. The summed E-state index contributed by atoms with van der Waals surface area (Å²) in [4.78, 5) is 23.1. The molecule has 1 saturated heterocycles. The van der Waals surface area contributed by atoms with Gasteiger partial charge in [0.2, 0.25) is 5.91 Å². The molecule has 0 spiro atoms. The highest BCUT2D eigenvalue weighted by Gasteiger charge is 2.23. The minimum atomic E-state index is -0.418. The summed E-state index contributed by atoms with van der Waals surface area (Å²) in [5.41, 5.74) is 2.03. The molecule has 0 aliphatic carbocycles. The standard InChI is InChI=1S/C19H20FN5O/c20-15-4-1-2-5-16(15)23-18(26)12-24-10-7-14(8-11-24)25-13-22-17-6-3-9-21-19(17)25/h1-6,9,13-14H,7-8,10-12H2,(H,23,26). The molecule has 26 heavy (non-hydrogen) atoms.